The van der Waals surface area contributed by atoms with Crippen LogP contribution in [0.15, 0.2) is 58.0 Å². The molecule has 2 heterocycles. The minimum absolute atomic E-state index is 0.0458. The molecule has 0 unspecified atom stereocenters. The van der Waals surface area contributed by atoms with Gasteiger partial charge in [-0.05, 0) is 24.3 Å². The van der Waals surface area contributed by atoms with Gasteiger partial charge >= 0.3 is 0 Å². The Morgan fingerprint density at radius 3 is 2.73 bits per heavy atom. The number of amides is 1. The van der Waals surface area contributed by atoms with Gasteiger partial charge in [-0.25, -0.2) is 4.98 Å². The number of halogens is 1. The van der Waals surface area contributed by atoms with Crippen molar-refractivity contribution >= 4 is 67.0 Å². The summed E-state index contributed by atoms with van der Waals surface area (Å²) in [5, 5.41) is 1.61. The summed E-state index contributed by atoms with van der Waals surface area (Å²) in [4.78, 5) is 30.9. The lowest BCUT2D eigenvalue weighted by Gasteiger charge is -2.16. The Balaban J connectivity index is 1.58. The number of hydrogen-bond donors (Lipinski definition) is 0. The van der Waals surface area contributed by atoms with Gasteiger partial charge in [0, 0.05) is 16.1 Å². The molecule has 0 saturated carbocycles. The van der Waals surface area contributed by atoms with Crippen LogP contribution in [0.3, 0.4) is 0 Å². The highest BCUT2D eigenvalue weighted by Crippen LogP contribution is 2.33. The molecule has 4 rings (SSSR count). The van der Waals surface area contributed by atoms with Crippen molar-refractivity contribution in [1.29, 1.82) is 0 Å². The van der Waals surface area contributed by atoms with E-state index in [2.05, 4.69) is 20.9 Å². The van der Waals surface area contributed by atoms with Crippen LogP contribution in [0, 0.1) is 0 Å². The molecule has 0 spiro atoms. The van der Waals surface area contributed by atoms with Gasteiger partial charge in [-0.1, -0.05) is 52.0 Å². The first-order valence-corrected chi connectivity index (χ1v) is 10.5. The average molecular weight is 445 g/mol. The number of hydrogen-bond acceptors (Lipinski definition) is 5. The van der Waals surface area contributed by atoms with E-state index in [0.717, 1.165) is 24.7 Å². The first-order valence-electron chi connectivity index (χ1n) is 7.89. The Kier molecular flexibility index (Phi) is 4.93. The fourth-order valence-corrected chi connectivity index (χ4v) is 4.82. The van der Waals surface area contributed by atoms with E-state index in [1.165, 1.54) is 11.8 Å². The summed E-state index contributed by atoms with van der Waals surface area (Å²) in [6.45, 7) is 0.0458. The molecule has 0 aliphatic carbocycles. The summed E-state index contributed by atoms with van der Waals surface area (Å²) in [7, 11) is 0. The number of carbonyl (C=O) groups is 2. The first-order chi connectivity index (χ1) is 12.6. The molecule has 0 bridgehead atoms. The van der Waals surface area contributed by atoms with Gasteiger partial charge in [0.1, 0.15) is 5.01 Å². The van der Waals surface area contributed by atoms with Gasteiger partial charge in [0.25, 0.3) is 0 Å². The van der Waals surface area contributed by atoms with E-state index in [1.54, 1.807) is 28.4 Å². The van der Waals surface area contributed by atoms with Gasteiger partial charge in [0.05, 0.1) is 27.5 Å². The summed E-state index contributed by atoms with van der Waals surface area (Å²) in [5.74, 6) is 0.223. The molecule has 0 radical (unpaired) electrons. The zero-order valence-corrected chi connectivity index (χ0v) is 16.7. The van der Waals surface area contributed by atoms with E-state index in [1.807, 2.05) is 42.5 Å². The second-order valence-electron chi connectivity index (χ2n) is 5.70. The zero-order chi connectivity index (χ0) is 18.1. The number of nitrogens with zero attached hydrogens (tertiary/aromatic N) is 2. The number of fused-ring (bicyclic) bond motifs is 1. The third-order valence-corrected chi connectivity index (χ3v) is 6.47. The molecule has 130 valence electrons. The predicted molar refractivity (Wildman–Crippen MR) is 110 cm³/mol. The van der Waals surface area contributed by atoms with Gasteiger partial charge in [-0.2, -0.15) is 0 Å². The van der Waals surface area contributed by atoms with Crippen LogP contribution in [0.25, 0.3) is 16.3 Å². The topological polar surface area (TPSA) is 50.3 Å². The first kappa shape index (κ1) is 17.5. The van der Waals surface area contributed by atoms with Gasteiger partial charge in [-0.15, -0.1) is 11.3 Å². The van der Waals surface area contributed by atoms with Crippen LogP contribution < -0.4 is 0 Å². The molecular formula is C19H13BrN2O2S2. The largest absolute Gasteiger partial charge is 0.298 e. The molecule has 1 amide bonds. The summed E-state index contributed by atoms with van der Waals surface area (Å²) >= 11 is 6.38. The Hall–Kier alpha value is -1.96. The number of aromatic nitrogens is 1. The van der Waals surface area contributed by atoms with Crippen molar-refractivity contribution in [1.82, 2.24) is 9.88 Å². The Labute approximate surface area is 167 Å². The maximum atomic E-state index is 12.5. The lowest BCUT2D eigenvalue weighted by Crippen LogP contribution is -2.30. The molecule has 3 aromatic rings. The van der Waals surface area contributed by atoms with Crippen molar-refractivity contribution in [3.8, 4) is 0 Å². The molecular weight excluding hydrogens is 432 g/mol. The van der Waals surface area contributed by atoms with Crippen molar-refractivity contribution in [3.05, 3.63) is 68.6 Å². The average Bonchev–Trinajstić information content (AvgIpc) is 3.20. The number of ketones is 1. The van der Waals surface area contributed by atoms with E-state index < -0.39 is 0 Å². The quantitative estimate of drug-likeness (QED) is 0.541. The normalized spacial score (nSPS) is 16.0. The summed E-state index contributed by atoms with van der Waals surface area (Å²) < 4.78 is 2.02. The lowest BCUT2D eigenvalue weighted by molar-refractivity contribution is -0.125. The van der Waals surface area contributed by atoms with E-state index in [4.69, 9.17) is 0 Å². The van der Waals surface area contributed by atoms with Gasteiger partial charge in [-0.3, -0.25) is 14.5 Å². The van der Waals surface area contributed by atoms with Crippen LogP contribution in [-0.2, 0) is 4.79 Å². The van der Waals surface area contributed by atoms with Crippen LogP contribution in [0.5, 0.6) is 0 Å². The maximum Gasteiger partial charge on any atom is 0.238 e. The molecule has 4 nitrogen and oxygen atoms in total. The summed E-state index contributed by atoms with van der Waals surface area (Å²) in [6.07, 6.45) is 1.90. The highest BCUT2D eigenvalue weighted by Gasteiger charge is 2.29. The second kappa shape index (κ2) is 7.34. The highest BCUT2D eigenvalue weighted by molar-refractivity contribution is 9.10. The van der Waals surface area contributed by atoms with E-state index in [-0.39, 0.29) is 18.2 Å². The van der Waals surface area contributed by atoms with E-state index in [0.29, 0.717) is 11.3 Å². The zero-order valence-electron chi connectivity index (χ0n) is 13.5. The van der Waals surface area contributed by atoms with E-state index >= 15 is 0 Å². The monoisotopic (exact) mass is 444 g/mol. The van der Waals surface area contributed by atoms with Crippen molar-refractivity contribution in [2.75, 3.05) is 12.3 Å². The fraction of sp³-hybridized carbons (Fsp3) is 0.105. The van der Waals surface area contributed by atoms with Crippen molar-refractivity contribution in [3.63, 3.8) is 0 Å². The third kappa shape index (κ3) is 3.60. The minimum Gasteiger partial charge on any atom is -0.298 e. The smallest absolute Gasteiger partial charge is 0.238 e. The maximum absolute atomic E-state index is 12.5. The molecule has 1 aliphatic rings. The highest BCUT2D eigenvalue weighted by atomic mass is 79.9. The molecule has 2 aromatic carbocycles. The number of benzene rings is 2. The number of thioether (sulfide) groups is 1. The van der Waals surface area contributed by atoms with Crippen LogP contribution >= 0.6 is 39.0 Å². The molecule has 0 N–H and O–H groups in total. The van der Waals surface area contributed by atoms with Crippen LogP contribution in [0.1, 0.15) is 15.4 Å². The summed E-state index contributed by atoms with van der Waals surface area (Å²) in [6, 6.07) is 15.1. The van der Waals surface area contributed by atoms with Crippen molar-refractivity contribution in [2.24, 2.45) is 0 Å². The van der Waals surface area contributed by atoms with Crippen LogP contribution in [0.4, 0.5) is 0 Å². The van der Waals surface area contributed by atoms with Gasteiger partial charge in [0.15, 0.2) is 5.78 Å². The summed E-state index contributed by atoms with van der Waals surface area (Å²) in [5.41, 5.74) is 1.54. The van der Waals surface area contributed by atoms with Crippen LogP contribution in [-0.4, -0.2) is 33.9 Å². The number of Topliss-reactive ketones (excluding diaryl/α,β-unsaturated/α-hetero) is 1. The third-order valence-electron chi connectivity index (χ3n) is 3.94. The molecule has 0 atom stereocenters. The lowest BCUT2D eigenvalue weighted by atomic mass is 10.1. The van der Waals surface area contributed by atoms with Crippen molar-refractivity contribution < 1.29 is 9.59 Å². The second-order valence-corrected chi connectivity index (χ2v) is 8.67. The fourth-order valence-electron chi connectivity index (χ4n) is 2.63. The van der Waals surface area contributed by atoms with Crippen molar-refractivity contribution in [2.45, 2.75) is 0 Å². The molecule has 1 fully saturated rings. The standard InChI is InChI=1S/C19H13BrN2O2S2/c20-13-7-5-12(6-8-13)15(23)10-22-18(24)11-25-19(22)9-17-21-14-3-1-2-4-16(14)26-17/h1-9H,10-11H2/b19-9-. The molecule has 1 saturated heterocycles. The molecule has 7 heteroatoms. The molecule has 1 aliphatic heterocycles. The van der Waals surface area contributed by atoms with Crippen LogP contribution in [0.2, 0.25) is 0 Å². The minimum atomic E-state index is -0.0800. The number of thiazole rings is 1. The predicted octanol–water partition coefficient (Wildman–Crippen LogP) is 4.82. The number of rotatable bonds is 4. The van der Waals surface area contributed by atoms with Gasteiger partial charge in [0.2, 0.25) is 5.91 Å². The number of carbonyl (C=O) groups excluding carboxylic acids is 2. The number of para-hydroxylation sites is 1. The molecule has 26 heavy (non-hydrogen) atoms. The van der Waals surface area contributed by atoms with E-state index in [9.17, 15) is 9.59 Å². The molecule has 1 aromatic heterocycles. The Morgan fingerprint density at radius 1 is 1.19 bits per heavy atom. The SMILES string of the molecule is O=C(CN1C(=O)CS/C1=C\c1nc2ccccc2s1)c1ccc(Br)cc1. The Bertz CT molecular complexity index is 994. The van der Waals surface area contributed by atoms with Gasteiger partial charge < -0.3 is 0 Å². The Morgan fingerprint density at radius 2 is 1.96 bits per heavy atom.